The molecule has 2 aromatic carbocycles. The van der Waals surface area contributed by atoms with E-state index in [2.05, 4.69) is 4.90 Å². The van der Waals surface area contributed by atoms with Gasteiger partial charge in [-0.3, -0.25) is 4.90 Å². The summed E-state index contributed by atoms with van der Waals surface area (Å²) in [6, 6.07) is 7.77. The van der Waals surface area contributed by atoms with Crippen LogP contribution in [0.5, 0.6) is 23.0 Å². The van der Waals surface area contributed by atoms with Crippen molar-refractivity contribution in [2.24, 2.45) is 0 Å². The Morgan fingerprint density at radius 1 is 0.917 bits per heavy atom. The minimum atomic E-state index is 0.184. The van der Waals surface area contributed by atoms with Crippen LogP contribution >= 0.6 is 0 Å². The third kappa shape index (κ3) is 2.27. The van der Waals surface area contributed by atoms with E-state index in [1.165, 1.54) is 16.7 Å². The molecule has 0 bridgehead atoms. The van der Waals surface area contributed by atoms with Gasteiger partial charge < -0.3 is 19.7 Å². The van der Waals surface area contributed by atoms with Gasteiger partial charge in [-0.05, 0) is 59.4 Å². The van der Waals surface area contributed by atoms with Crippen molar-refractivity contribution in [3.05, 3.63) is 46.5 Å². The molecule has 24 heavy (non-hydrogen) atoms. The van der Waals surface area contributed by atoms with Crippen molar-refractivity contribution < 1.29 is 19.7 Å². The topological polar surface area (TPSA) is 62.2 Å². The van der Waals surface area contributed by atoms with Crippen LogP contribution in [0.4, 0.5) is 0 Å². The van der Waals surface area contributed by atoms with Crippen molar-refractivity contribution in [2.75, 3.05) is 20.8 Å². The largest absolute Gasteiger partial charge is 0.504 e. The van der Waals surface area contributed by atoms with Gasteiger partial charge in [-0.25, -0.2) is 0 Å². The monoisotopic (exact) mass is 327 g/mol. The number of fused-ring (bicyclic) bond motifs is 4. The summed E-state index contributed by atoms with van der Waals surface area (Å²) < 4.78 is 10.5. The molecule has 1 atom stereocenters. The molecule has 0 fully saturated rings. The van der Waals surface area contributed by atoms with E-state index in [1.54, 1.807) is 14.2 Å². The zero-order valence-electron chi connectivity index (χ0n) is 13.9. The predicted octanol–water partition coefficient (Wildman–Crippen LogP) is 2.77. The second kappa shape index (κ2) is 5.60. The van der Waals surface area contributed by atoms with Crippen molar-refractivity contribution in [2.45, 2.75) is 25.4 Å². The standard InChI is InChI=1S/C19H21NO4/c1-23-18-8-13-10-20-4-3-11-6-16(21)19(24-2)9-14(11)15(20)5-12(13)7-17(18)22/h6-9,15,21-22H,3-5,10H2,1-2H3/t15-/m0/s1. The van der Waals surface area contributed by atoms with E-state index in [1.807, 2.05) is 24.3 Å². The van der Waals surface area contributed by atoms with E-state index in [0.717, 1.165) is 31.5 Å². The van der Waals surface area contributed by atoms with Crippen LogP contribution in [0.3, 0.4) is 0 Å². The van der Waals surface area contributed by atoms with Gasteiger partial charge >= 0.3 is 0 Å². The number of aromatic hydroxyl groups is 2. The van der Waals surface area contributed by atoms with Crippen LogP contribution in [-0.2, 0) is 19.4 Å². The molecule has 0 unspecified atom stereocenters. The summed E-state index contributed by atoms with van der Waals surface area (Å²) in [7, 11) is 3.14. The summed E-state index contributed by atoms with van der Waals surface area (Å²) in [6.07, 6.45) is 1.74. The Kier molecular flexibility index (Phi) is 3.53. The first-order valence-electron chi connectivity index (χ1n) is 8.13. The number of phenols is 2. The van der Waals surface area contributed by atoms with E-state index < -0.39 is 0 Å². The minimum absolute atomic E-state index is 0.184. The van der Waals surface area contributed by atoms with Crippen LogP contribution in [0, 0.1) is 0 Å². The molecule has 0 saturated carbocycles. The normalized spacial score (nSPS) is 19.2. The summed E-state index contributed by atoms with van der Waals surface area (Å²) in [5.74, 6) is 1.42. The van der Waals surface area contributed by atoms with E-state index in [-0.39, 0.29) is 17.5 Å². The SMILES string of the molecule is COc1cc2c(cc1O)C[C@H]1c3cc(OC)c(O)cc3CCN1C2. The molecule has 0 amide bonds. The number of ether oxygens (including phenoxy) is 2. The molecular formula is C19H21NO4. The third-order valence-electron chi connectivity index (χ3n) is 5.20. The highest BCUT2D eigenvalue weighted by Gasteiger charge is 2.33. The molecule has 126 valence electrons. The van der Waals surface area contributed by atoms with Gasteiger partial charge in [0.25, 0.3) is 0 Å². The number of methoxy groups -OCH3 is 2. The molecule has 2 aliphatic heterocycles. The van der Waals surface area contributed by atoms with Gasteiger partial charge in [-0.15, -0.1) is 0 Å². The number of phenolic OH excluding ortho intramolecular Hbond substituents is 2. The van der Waals surface area contributed by atoms with Gasteiger partial charge in [0.1, 0.15) is 0 Å². The Morgan fingerprint density at radius 2 is 1.58 bits per heavy atom. The van der Waals surface area contributed by atoms with Crippen LogP contribution in [0.25, 0.3) is 0 Å². The Labute approximate surface area is 141 Å². The molecule has 0 saturated heterocycles. The smallest absolute Gasteiger partial charge is 0.160 e. The fourth-order valence-corrected chi connectivity index (χ4v) is 3.94. The van der Waals surface area contributed by atoms with Gasteiger partial charge in [0.2, 0.25) is 0 Å². The molecule has 2 N–H and O–H groups in total. The van der Waals surface area contributed by atoms with Crippen molar-refractivity contribution in [3.63, 3.8) is 0 Å². The number of rotatable bonds is 2. The Bertz CT molecular complexity index is 802. The third-order valence-corrected chi connectivity index (χ3v) is 5.20. The van der Waals surface area contributed by atoms with E-state index >= 15 is 0 Å². The van der Waals surface area contributed by atoms with E-state index in [4.69, 9.17) is 9.47 Å². The lowest BCUT2D eigenvalue weighted by atomic mass is 9.83. The van der Waals surface area contributed by atoms with E-state index in [0.29, 0.717) is 11.5 Å². The first-order valence-corrected chi connectivity index (χ1v) is 8.13. The molecular weight excluding hydrogens is 306 g/mol. The second-order valence-corrected chi connectivity index (χ2v) is 6.46. The maximum absolute atomic E-state index is 10.1. The number of benzene rings is 2. The molecule has 2 aliphatic rings. The van der Waals surface area contributed by atoms with Crippen molar-refractivity contribution in [1.29, 1.82) is 0 Å². The van der Waals surface area contributed by atoms with Crippen LogP contribution < -0.4 is 9.47 Å². The van der Waals surface area contributed by atoms with Crippen molar-refractivity contribution >= 4 is 0 Å². The lowest BCUT2D eigenvalue weighted by molar-refractivity contribution is 0.160. The van der Waals surface area contributed by atoms with Crippen LogP contribution in [0.1, 0.15) is 28.3 Å². The quantitative estimate of drug-likeness (QED) is 0.888. The van der Waals surface area contributed by atoms with Gasteiger partial charge in [0, 0.05) is 19.1 Å². The molecule has 5 nitrogen and oxygen atoms in total. The van der Waals surface area contributed by atoms with Crippen molar-refractivity contribution in [3.8, 4) is 23.0 Å². The Morgan fingerprint density at radius 3 is 2.29 bits per heavy atom. The summed E-state index contributed by atoms with van der Waals surface area (Å²) >= 11 is 0. The molecule has 0 aromatic heterocycles. The molecule has 0 radical (unpaired) electrons. The number of hydrogen-bond acceptors (Lipinski definition) is 5. The van der Waals surface area contributed by atoms with E-state index in [9.17, 15) is 10.2 Å². The Hall–Kier alpha value is -2.40. The average Bonchev–Trinajstić information content (AvgIpc) is 2.59. The highest BCUT2D eigenvalue weighted by atomic mass is 16.5. The second-order valence-electron chi connectivity index (χ2n) is 6.46. The van der Waals surface area contributed by atoms with Crippen LogP contribution in [0.15, 0.2) is 24.3 Å². The van der Waals surface area contributed by atoms with Gasteiger partial charge in [-0.2, -0.15) is 0 Å². The first kappa shape index (κ1) is 15.1. The summed E-state index contributed by atoms with van der Waals surface area (Å²) in [6.45, 7) is 1.78. The fraction of sp³-hybridized carbons (Fsp3) is 0.368. The number of nitrogens with zero attached hydrogens (tertiary/aromatic N) is 1. The number of hydrogen-bond donors (Lipinski definition) is 2. The van der Waals surface area contributed by atoms with Gasteiger partial charge in [0.05, 0.1) is 14.2 Å². The summed E-state index contributed by atoms with van der Waals surface area (Å²) in [5.41, 5.74) is 4.73. The molecule has 0 spiro atoms. The highest BCUT2D eigenvalue weighted by Crippen LogP contribution is 2.43. The fourth-order valence-electron chi connectivity index (χ4n) is 3.94. The molecule has 4 rings (SSSR count). The molecule has 5 heteroatoms. The first-order chi connectivity index (χ1) is 11.6. The summed E-state index contributed by atoms with van der Waals surface area (Å²) in [5, 5.41) is 20.1. The predicted molar refractivity (Wildman–Crippen MR) is 89.9 cm³/mol. The van der Waals surface area contributed by atoms with Gasteiger partial charge in [-0.1, -0.05) is 0 Å². The zero-order chi connectivity index (χ0) is 16.8. The van der Waals surface area contributed by atoms with Crippen LogP contribution in [-0.4, -0.2) is 35.9 Å². The van der Waals surface area contributed by atoms with Crippen molar-refractivity contribution in [1.82, 2.24) is 4.90 Å². The Balaban J connectivity index is 1.76. The lowest BCUT2D eigenvalue weighted by Crippen LogP contribution is -2.39. The maximum Gasteiger partial charge on any atom is 0.160 e. The summed E-state index contributed by atoms with van der Waals surface area (Å²) in [4.78, 5) is 2.44. The molecule has 2 heterocycles. The minimum Gasteiger partial charge on any atom is -0.504 e. The van der Waals surface area contributed by atoms with Gasteiger partial charge in [0.15, 0.2) is 23.0 Å². The molecule has 2 aromatic rings. The molecule has 0 aliphatic carbocycles. The lowest BCUT2D eigenvalue weighted by Gasteiger charge is -2.41. The van der Waals surface area contributed by atoms with Crippen LogP contribution in [0.2, 0.25) is 0 Å². The average molecular weight is 327 g/mol. The zero-order valence-corrected chi connectivity index (χ0v) is 13.9. The highest BCUT2D eigenvalue weighted by molar-refractivity contribution is 5.52. The maximum atomic E-state index is 10.1.